The predicted molar refractivity (Wildman–Crippen MR) is 114 cm³/mol. The maximum Gasteiger partial charge on any atom is 0.244 e. The van der Waals surface area contributed by atoms with Crippen LogP contribution in [0.4, 0.5) is 0 Å². The number of nitrogens with one attached hydrogen (secondary N) is 1. The Bertz CT molecular complexity index is 1150. The Balaban J connectivity index is 1.48. The summed E-state index contributed by atoms with van der Waals surface area (Å²) in [5, 5.41) is 6.77. The summed E-state index contributed by atoms with van der Waals surface area (Å²) >= 11 is 1.32. The smallest absolute Gasteiger partial charge is 0.244 e. The first-order valence-corrected chi connectivity index (χ1v) is 12.4. The van der Waals surface area contributed by atoms with Gasteiger partial charge in [-0.15, -0.1) is 11.3 Å². The Hall–Kier alpha value is -2.50. The number of piperidine rings is 1. The largest absolute Gasteiger partial charge is 0.467 e. The number of nitrogens with zero attached hydrogens (tertiary/aromatic N) is 3. The highest BCUT2D eigenvalue weighted by Gasteiger charge is 2.35. The lowest BCUT2D eigenvalue weighted by molar-refractivity contribution is -0.126. The van der Waals surface area contributed by atoms with Crippen LogP contribution in [0.5, 0.6) is 0 Å². The summed E-state index contributed by atoms with van der Waals surface area (Å²) in [6.07, 6.45) is 3.43. The molecule has 0 bridgehead atoms. The third kappa shape index (κ3) is 4.58. The van der Waals surface area contributed by atoms with E-state index in [0.29, 0.717) is 53.0 Å². The fourth-order valence-electron chi connectivity index (χ4n) is 3.58. The zero-order valence-corrected chi connectivity index (χ0v) is 19.0. The fraction of sp³-hybridized carbons (Fsp3) is 0.450. The second-order valence-corrected chi connectivity index (χ2v) is 10.6. The average molecular weight is 465 g/mol. The van der Waals surface area contributed by atoms with Gasteiger partial charge in [-0.1, -0.05) is 12.1 Å². The Morgan fingerprint density at radius 1 is 1.42 bits per heavy atom. The van der Waals surface area contributed by atoms with Crippen LogP contribution in [-0.2, 0) is 27.8 Å². The zero-order chi connectivity index (χ0) is 22.0. The van der Waals surface area contributed by atoms with Crippen LogP contribution < -0.4 is 5.32 Å². The lowest BCUT2D eigenvalue weighted by atomic mass is 9.99. The Labute approximate surface area is 184 Å². The van der Waals surface area contributed by atoms with Crippen molar-refractivity contribution < 1.29 is 22.2 Å². The van der Waals surface area contributed by atoms with E-state index in [2.05, 4.69) is 15.5 Å². The van der Waals surface area contributed by atoms with E-state index in [1.54, 1.807) is 31.4 Å². The molecule has 1 N–H and O–H groups in total. The number of sulfonamides is 1. The SMILES string of the molecule is CCc1nc(-c2cc(S(=O)(=O)N3CCC[C@@H](C(=O)NCc4ccco4)C3)c(C)s2)no1. The van der Waals surface area contributed by atoms with E-state index in [4.69, 9.17) is 8.94 Å². The normalized spacial score (nSPS) is 17.7. The third-order valence-electron chi connectivity index (χ3n) is 5.25. The number of thiophene rings is 1. The number of furan rings is 1. The minimum Gasteiger partial charge on any atom is -0.467 e. The van der Waals surface area contributed by atoms with Crippen molar-refractivity contribution in [3.63, 3.8) is 0 Å². The van der Waals surface area contributed by atoms with Gasteiger partial charge in [0, 0.05) is 24.4 Å². The molecule has 0 saturated carbocycles. The summed E-state index contributed by atoms with van der Waals surface area (Å²) in [6, 6.07) is 5.13. The molecule has 3 aromatic rings. The van der Waals surface area contributed by atoms with Crippen molar-refractivity contribution in [1.29, 1.82) is 0 Å². The molecule has 1 aliphatic rings. The maximum atomic E-state index is 13.3. The van der Waals surface area contributed by atoms with E-state index in [0.717, 1.165) is 0 Å². The molecule has 4 heterocycles. The first-order valence-electron chi connectivity index (χ1n) is 10.1. The Kier molecular flexibility index (Phi) is 6.26. The fourth-order valence-corrected chi connectivity index (χ4v) is 6.59. The Morgan fingerprint density at radius 2 is 2.26 bits per heavy atom. The first-order chi connectivity index (χ1) is 14.9. The lowest BCUT2D eigenvalue weighted by Crippen LogP contribution is -2.45. The molecule has 1 amide bonds. The molecule has 3 aromatic heterocycles. The van der Waals surface area contributed by atoms with E-state index in [1.807, 2.05) is 6.92 Å². The van der Waals surface area contributed by atoms with E-state index < -0.39 is 15.9 Å². The number of aryl methyl sites for hydroxylation is 2. The monoisotopic (exact) mass is 464 g/mol. The third-order valence-corrected chi connectivity index (χ3v) is 8.42. The van der Waals surface area contributed by atoms with Crippen LogP contribution in [0.3, 0.4) is 0 Å². The summed E-state index contributed by atoms with van der Waals surface area (Å²) in [6.45, 7) is 4.49. The van der Waals surface area contributed by atoms with E-state index in [9.17, 15) is 13.2 Å². The van der Waals surface area contributed by atoms with Crippen molar-refractivity contribution in [3.8, 4) is 10.7 Å². The van der Waals surface area contributed by atoms with Crippen LogP contribution in [-0.4, -0.2) is 41.9 Å². The summed E-state index contributed by atoms with van der Waals surface area (Å²) in [7, 11) is -3.74. The molecule has 9 nitrogen and oxygen atoms in total. The van der Waals surface area contributed by atoms with Crippen LogP contribution in [0.15, 0.2) is 38.3 Å². The van der Waals surface area contributed by atoms with E-state index in [1.165, 1.54) is 15.6 Å². The number of aromatic nitrogens is 2. The van der Waals surface area contributed by atoms with Crippen LogP contribution in [0.2, 0.25) is 0 Å². The van der Waals surface area contributed by atoms with Crippen molar-refractivity contribution in [3.05, 3.63) is 41.0 Å². The minimum atomic E-state index is -3.74. The van der Waals surface area contributed by atoms with Gasteiger partial charge in [-0.25, -0.2) is 8.42 Å². The van der Waals surface area contributed by atoms with Crippen molar-refractivity contribution in [2.75, 3.05) is 13.1 Å². The van der Waals surface area contributed by atoms with Crippen molar-refractivity contribution in [2.24, 2.45) is 5.92 Å². The van der Waals surface area contributed by atoms with E-state index >= 15 is 0 Å². The standard InChI is InChI=1S/C20H24N4O5S2/c1-3-18-22-19(23-29-18)16-10-17(13(2)30-16)31(26,27)24-8-4-6-14(12-24)20(25)21-11-15-7-5-9-28-15/h5,7,9-10,14H,3-4,6,8,11-12H2,1-2H3,(H,21,25)/t14-/m1/s1. The average Bonchev–Trinajstić information content (AvgIpc) is 3.52. The summed E-state index contributed by atoms with van der Waals surface area (Å²) in [5.74, 6) is 0.979. The minimum absolute atomic E-state index is 0.152. The highest BCUT2D eigenvalue weighted by Crippen LogP contribution is 2.35. The number of hydrogen-bond donors (Lipinski definition) is 1. The van der Waals surface area contributed by atoms with Crippen molar-refractivity contribution in [1.82, 2.24) is 19.8 Å². The zero-order valence-electron chi connectivity index (χ0n) is 17.3. The van der Waals surface area contributed by atoms with Crippen molar-refractivity contribution in [2.45, 2.75) is 44.6 Å². The number of carbonyl (C=O) groups is 1. The van der Waals surface area contributed by atoms with Gasteiger partial charge in [-0.05, 0) is 38.0 Å². The topological polar surface area (TPSA) is 119 Å². The summed E-state index contributed by atoms with van der Waals surface area (Å²) in [4.78, 5) is 18.4. The van der Waals surface area contributed by atoms with Gasteiger partial charge in [-0.2, -0.15) is 9.29 Å². The van der Waals surface area contributed by atoms with Crippen LogP contribution in [0.1, 0.15) is 36.3 Å². The number of carbonyl (C=O) groups excluding carboxylic acids is 1. The molecule has 0 spiro atoms. The van der Waals surface area contributed by atoms with Gasteiger partial charge in [0.2, 0.25) is 27.6 Å². The number of amides is 1. The van der Waals surface area contributed by atoms with Gasteiger partial charge >= 0.3 is 0 Å². The maximum absolute atomic E-state index is 13.3. The summed E-state index contributed by atoms with van der Waals surface area (Å²) in [5.41, 5.74) is 0. The molecule has 166 valence electrons. The van der Waals surface area contributed by atoms with Gasteiger partial charge in [0.05, 0.1) is 28.5 Å². The molecule has 31 heavy (non-hydrogen) atoms. The first kappa shape index (κ1) is 21.7. The van der Waals surface area contributed by atoms with Gasteiger partial charge in [0.15, 0.2) is 0 Å². The molecular weight excluding hydrogens is 440 g/mol. The highest BCUT2D eigenvalue weighted by molar-refractivity contribution is 7.89. The molecule has 0 unspecified atom stereocenters. The predicted octanol–water partition coefficient (Wildman–Crippen LogP) is 2.98. The molecule has 11 heteroatoms. The molecule has 0 aliphatic carbocycles. The lowest BCUT2D eigenvalue weighted by Gasteiger charge is -2.31. The van der Waals surface area contributed by atoms with Crippen LogP contribution in [0.25, 0.3) is 10.7 Å². The molecule has 1 saturated heterocycles. The van der Waals surface area contributed by atoms with Gasteiger partial charge < -0.3 is 14.3 Å². The molecule has 4 rings (SSSR count). The second-order valence-electron chi connectivity index (χ2n) is 7.40. The molecule has 1 aliphatic heterocycles. The number of rotatable bonds is 7. The van der Waals surface area contributed by atoms with E-state index in [-0.39, 0.29) is 23.9 Å². The molecular formula is C20H24N4O5S2. The molecule has 0 aromatic carbocycles. The second kappa shape index (κ2) is 8.93. The van der Waals surface area contributed by atoms with Crippen molar-refractivity contribution >= 4 is 27.3 Å². The highest BCUT2D eigenvalue weighted by atomic mass is 32.2. The molecule has 1 atom stereocenters. The molecule has 0 radical (unpaired) electrons. The van der Waals surface area contributed by atoms with Gasteiger partial charge in [0.25, 0.3) is 0 Å². The van der Waals surface area contributed by atoms with Gasteiger partial charge in [-0.3, -0.25) is 4.79 Å². The summed E-state index contributed by atoms with van der Waals surface area (Å²) < 4.78 is 38.5. The van der Waals surface area contributed by atoms with Crippen LogP contribution >= 0.6 is 11.3 Å². The Morgan fingerprint density at radius 3 is 2.97 bits per heavy atom. The number of hydrogen-bond acceptors (Lipinski definition) is 8. The quantitative estimate of drug-likeness (QED) is 0.571. The van der Waals surface area contributed by atoms with Crippen LogP contribution in [0, 0.1) is 12.8 Å². The molecule has 1 fully saturated rings. The van der Waals surface area contributed by atoms with Gasteiger partial charge in [0.1, 0.15) is 5.76 Å².